The Kier molecular flexibility index (Phi) is 13.3. The highest BCUT2D eigenvalue weighted by Crippen LogP contribution is 2.28. The van der Waals surface area contributed by atoms with Gasteiger partial charge in [-0.15, -0.1) is 0 Å². The van der Waals surface area contributed by atoms with E-state index >= 15 is 0 Å². The number of nitrogens with one attached hydrogen (secondary N) is 1. The van der Waals surface area contributed by atoms with Gasteiger partial charge in [0.05, 0.1) is 5.52 Å². The van der Waals surface area contributed by atoms with Gasteiger partial charge in [0.1, 0.15) is 11.3 Å². The average Bonchev–Trinajstić information content (AvgIpc) is 3.16. The third kappa shape index (κ3) is 10.0. The van der Waals surface area contributed by atoms with Gasteiger partial charge in [-0.3, -0.25) is 0 Å². The van der Waals surface area contributed by atoms with Crippen molar-refractivity contribution in [3.8, 4) is 0 Å². The lowest BCUT2D eigenvalue weighted by Crippen LogP contribution is -1.89. The van der Waals surface area contributed by atoms with Crippen molar-refractivity contribution in [2.75, 3.05) is 0 Å². The lowest BCUT2D eigenvalue weighted by atomic mass is 10.0. The molecule has 1 aromatic heterocycles. The number of hydrogen-bond donors (Lipinski definition) is 1. The van der Waals surface area contributed by atoms with Crippen LogP contribution in [-0.2, 0) is 6.42 Å². The summed E-state index contributed by atoms with van der Waals surface area (Å²) in [7, 11) is 0. The second-order valence-corrected chi connectivity index (χ2v) is 10.2. The summed E-state index contributed by atoms with van der Waals surface area (Å²) in [5, 5.41) is 0. The van der Waals surface area contributed by atoms with Crippen LogP contribution in [-0.4, -0.2) is 9.97 Å². The van der Waals surface area contributed by atoms with E-state index in [2.05, 4.69) is 49.8 Å². The SMILES string of the molecule is CCCCCCCCCCCCCCCCCCc1nc2c(Br)ccc(Br)c2[nH]1. The smallest absolute Gasteiger partial charge is 0.107 e. The Morgan fingerprint density at radius 1 is 0.655 bits per heavy atom. The summed E-state index contributed by atoms with van der Waals surface area (Å²) in [6, 6.07) is 4.11. The van der Waals surface area contributed by atoms with Gasteiger partial charge >= 0.3 is 0 Å². The minimum atomic E-state index is 1.03. The first-order valence-electron chi connectivity index (χ1n) is 12.0. The van der Waals surface area contributed by atoms with Gasteiger partial charge in [0.15, 0.2) is 0 Å². The predicted molar refractivity (Wildman–Crippen MR) is 135 cm³/mol. The molecule has 0 aliphatic heterocycles. The number of imidazole rings is 1. The van der Waals surface area contributed by atoms with Gasteiger partial charge in [-0.1, -0.05) is 103 Å². The molecule has 0 saturated heterocycles. The fraction of sp³-hybridized carbons (Fsp3) is 0.720. The van der Waals surface area contributed by atoms with Gasteiger partial charge in [0.2, 0.25) is 0 Å². The molecule has 0 aliphatic carbocycles. The van der Waals surface area contributed by atoms with E-state index in [-0.39, 0.29) is 0 Å². The van der Waals surface area contributed by atoms with E-state index in [0.29, 0.717) is 0 Å². The number of fused-ring (bicyclic) bond motifs is 1. The second kappa shape index (κ2) is 15.5. The van der Waals surface area contributed by atoms with Crippen LogP contribution in [0.2, 0.25) is 0 Å². The lowest BCUT2D eigenvalue weighted by molar-refractivity contribution is 0.529. The fourth-order valence-corrected chi connectivity index (χ4v) is 4.87. The maximum Gasteiger partial charge on any atom is 0.107 e. The van der Waals surface area contributed by atoms with Gasteiger partial charge in [-0.05, 0) is 50.4 Å². The predicted octanol–water partition coefficient (Wildman–Crippen LogP) is 9.89. The third-order valence-electron chi connectivity index (χ3n) is 5.86. The van der Waals surface area contributed by atoms with Crippen molar-refractivity contribution < 1.29 is 0 Å². The molecule has 0 bridgehead atoms. The van der Waals surface area contributed by atoms with Gasteiger partial charge in [0.25, 0.3) is 0 Å². The van der Waals surface area contributed by atoms with Crippen LogP contribution >= 0.6 is 31.9 Å². The largest absolute Gasteiger partial charge is 0.341 e. The summed E-state index contributed by atoms with van der Waals surface area (Å²) in [4.78, 5) is 8.22. The summed E-state index contributed by atoms with van der Waals surface area (Å²) in [6.45, 7) is 2.29. The average molecular weight is 528 g/mol. The number of halogens is 2. The fourth-order valence-electron chi connectivity index (χ4n) is 4.04. The van der Waals surface area contributed by atoms with Crippen molar-refractivity contribution >= 4 is 42.9 Å². The summed E-state index contributed by atoms with van der Waals surface area (Å²) in [5.41, 5.74) is 2.14. The molecule has 0 aliphatic rings. The molecule has 1 heterocycles. The standard InChI is InChI=1S/C25H40Br2N2/c1-2-3-4-5-6-7-8-9-10-11-12-13-14-15-16-17-18-23-28-24-21(26)19-20-22(27)25(24)29-23/h19-20H,2-18H2,1H3,(H,28,29). The van der Waals surface area contributed by atoms with Gasteiger partial charge in [-0.25, -0.2) is 4.98 Å². The van der Waals surface area contributed by atoms with Crippen molar-refractivity contribution in [1.29, 1.82) is 0 Å². The molecule has 0 unspecified atom stereocenters. The quantitative estimate of drug-likeness (QED) is 0.203. The zero-order chi connectivity index (χ0) is 20.7. The van der Waals surface area contributed by atoms with E-state index in [0.717, 1.165) is 32.2 Å². The highest BCUT2D eigenvalue weighted by molar-refractivity contribution is 9.11. The van der Waals surface area contributed by atoms with E-state index in [9.17, 15) is 0 Å². The Balaban J connectivity index is 1.39. The molecule has 29 heavy (non-hydrogen) atoms. The van der Waals surface area contributed by atoms with E-state index < -0.39 is 0 Å². The zero-order valence-corrected chi connectivity index (χ0v) is 21.6. The Morgan fingerprint density at radius 2 is 1.10 bits per heavy atom. The molecule has 1 N–H and O–H groups in total. The second-order valence-electron chi connectivity index (χ2n) is 8.49. The molecule has 2 nitrogen and oxygen atoms in total. The first-order valence-corrected chi connectivity index (χ1v) is 13.6. The summed E-state index contributed by atoms with van der Waals surface area (Å²) < 4.78 is 2.14. The monoisotopic (exact) mass is 526 g/mol. The normalized spacial score (nSPS) is 11.6. The Bertz CT molecular complexity index is 642. The maximum atomic E-state index is 4.75. The Morgan fingerprint density at radius 3 is 1.59 bits per heavy atom. The topological polar surface area (TPSA) is 28.7 Å². The summed E-state index contributed by atoms with van der Waals surface area (Å²) in [6.07, 6.45) is 23.6. The van der Waals surface area contributed by atoms with Crippen LogP contribution in [0.3, 0.4) is 0 Å². The summed E-state index contributed by atoms with van der Waals surface area (Å²) >= 11 is 7.20. The lowest BCUT2D eigenvalue weighted by Gasteiger charge is -2.03. The number of aryl methyl sites for hydroxylation is 1. The number of nitrogens with zero attached hydrogens (tertiary/aromatic N) is 1. The number of unbranched alkanes of at least 4 members (excludes halogenated alkanes) is 15. The number of aromatic nitrogens is 2. The minimum Gasteiger partial charge on any atom is -0.341 e. The van der Waals surface area contributed by atoms with E-state index in [4.69, 9.17) is 4.98 Å². The number of rotatable bonds is 17. The molecule has 0 fully saturated rings. The number of benzene rings is 1. The molecule has 2 rings (SSSR count). The van der Waals surface area contributed by atoms with Crippen LogP contribution in [0.1, 0.15) is 115 Å². The first-order chi connectivity index (χ1) is 14.2. The molecule has 1 aromatic carbocycles. The van der Waals surface area contributed by atoms with Crippen LogP contribution in [0.15, 0.2) is 21.1 Å². The van der Waals surface area contributed by atoms with Gasteiger partial charge in [0, 0.05) is 15.4 Å². The molecule has 0 radical (unpaired) electrons. The molecule has 0 amide bonds. The minimum absolute atomic E-state index is 1.03. The molecular formula is C25H40Br2N2. The Hall–Kier alpha value is -0.350. The number of hydrogen-bond acceptors (Lipinski definition) is 1. The van der Waals surface area contributed by atoms with Crippen LogP contribution in [0.4, 0.5) is 0 Å². The van der Waals surface area contributed by atoms with E-state index in [1.807, 2.05) is 6.07 Å². The number of H-pyrrole nitrogens is 1. The maximum absolute atomic E-state index is 4.75. The van der Waals surface area contributed by atoms with Crippen molar-refractivity contribution in [2.45, 2.75) is 116 Å². The van der Waals surface area contributed by atoms with Crippen LogP contribution < -0.4 is 0 Å². The molecule has 2 aromatic rings. The molecule has 0 atom stereocenters. The molecule has 4 heteroatoms. The van der Waals surface area contributed by atoms with Crippen molar-refractivity contribution in [3.63, 3.8) is 0 Å². The van der Waals surface area contributed by atoms with Crippen molar-refractivity contribution in [1.82, 2.24) is 9.97 Å². The van der Waals surface area contributed by atoms with Crippen LogP contribution in [0, 0.1) is 0 Å². The van der Waals surface area contributed by atoms with Crippen LogP contribution in [0.25, 0.3) is 11.0 Å². The van der Waals surface area contributed by atoms with Gasteiger partial charge in [-0.2, -0.15) is 0 Å². The Labute approximate surface area is 195 Å². The highest BCUT2D eigenvalue weighted by atomic mass is 79.9. The first kappa shape index (κ1) is 24.9. The summed E-state index contributed by atoms with van der Waals surface area (Å²) in [5.74, 6) is 1.11. The highest BCUT2D eigenvalue weighted by Gasteiger charge is 2.08. The van der Waals surface area contributed by atoms with E-state index in [1.165, 1.54) is 103 Å². The molecule has 164 valence electrons. The zero-order valence-electron chi connectivity index (χ0n) is 18.4. The van der Waals surface area contributed by atoms with Crippen LogP contribution in [0.5, 0.6) is 0 Å². The molecule has 0 saturated carbocycles. The van der Waals surface area contributed by atoms with Crippen molar-refractivity contribution in [3.05, 3.63) is 26.9 Å². The number of aromatic amines is 1. The van der Waals surface area contributed by atoms with Crippen molar-refractivity contribution in [2.24, 2.45) is 0 Å². The molecule has 0 spiro atoms. The molecular weight excluding hydrogens is 488 g/mol. The van der Waals surface area contributed by atoms with Gasteiger partial charge < -0.3 is 4.98 Å². The van der Waals surface area contributed by atoms with E-state index in [1.54, 1.807) is 0 Å². The third-order valence-corrected chi connectivity index (χ3v) is 7.16.